The van der Waals surface area contributed by atoms with Gasteiger partial charge in [-0.3, -0.25) is 0 Å². The molecule has 23 heavy (non-hydrogen) atoms. The van der Waals surface area contributed by atoms with Gasteiger partial charge in [0.05, 0.1) is 5.69 Å². The first kappa shape index (κ1) is 13.8. The number of hydrogen-bond donors (Lipinski definition) is 1. The second kappa shape index (κ2) is 5.43. The van der Waals surface area contributed by atoms with E-state index in [-0.39, 0.29) is 0 Å². The highest BCUT2D eigenvalue weighted by molar-refractivity contribution is 5.82. The van der Waals surface area contributed by atoms with Crippen molar-refractivity contribution in [3.63, 3.8) is 0 Å². The molecule has 0 saturated carbocycles. The predicted molar refractivity (Wildman–Crippen MR) is 93.3 cm³/mol. The van der Waals surface area contributed by atoms with Crippen LogP contribution in [0.5, 0.6) is 0 Å². The number of allylic oxidation sites excluding steroid dienone is 1. The average molecular weight is 301 g/mol. The molecule has 0 unspecified atom stereocenters. The summed E-state index contributed by atoms with van der Waals surface area (Å²) in [6.45, 7) is 5.04. The van der Waals surface area contributed by atoms with E-state index >= 15 is 0 Å². The molecule has 0 aliphatic carbocycles. The molecule has 3 heteroatoms. The summed E-state index contributed by atoms with van der Waals surface area (Å²) >= 11 is 0. The number of rotatable bonds is 2. The number of nitrogens with zero attached hydrogens (tertiary/aromatic N) is 2. The van der Waals surface area contributed by atoms with Crippen molar-refractivity contribution in [1.82, 2.24) is 15.1 Å². The van der Waals surface area contributed by atoms with Crippen molar-refractivity contribution in [3.8, 4) is 5.69 Å². The van der Waals surface area contributed by atoms with Gasteiger partial charge in [-0.15, -0.1) is 0 Å². The molecule has 1 aliphatic rings. The molecule has 0 atom stereocenters. The van der Waals surface area contributed by atoms with E-state index in [9.17, 15) is 0 Å². The Labute approximate surface area is 136 Å². The summed E-state index contributed by atoms with van der Waals surface area (Å²) in [6, 6.07) is 18.9. The maximum absolute atomic E-state index is 4.88. The van der Waals surface area contributed by atoms with Gasteiger partial charge in [-0.2, -0.15) is 5.10 Å². The van der Waals surface area contributed by atoms with Crippen LogP contribution in [0.25, 0.3) is 11.3 Å². The third-order valence-electron chi connectivity index (χ3n) is 4.31. The zero-order valence-electron chi connectivity index (χ0n) is 13.4. The molecule has 114 valence electrons. The lowest BCUT2D eigenvalue weighted by molar-refractivity contribution is 0.795. The molecule has 0 amide bonds. The van der Waals surface area contributed by atoms with E-state index in [0.717, 1.165) is 17.9 Å². The molecule has 0 bridgehead atoms. The summed E-state index contributed by atoms with van der Waals surface area (Å²) in [7, 11) is 0. The highest BCUT2D eigenvalue weighted by Crippen LogP contribution is 2.31. The van der Waals surface area contributed by atoms with E-state index in [1.54, 1.807) is 0 Å². The second-order valence-corrected chi connectivity index (χ2v) is 6.00. The minimum Gasteiger partial charge on any atom is -0.384 e. The number of nitrogens with one attached hydrogen (secondary N) is 1. The first-order valence-electron chi connectivity index (χ1n) is 7.88. The summed E-state index contributed by atoms with van der Waals surface area (Å²) in [4.78, 5) is 0. The minimum absolute atomic E-state index is 0.823. The minimum atomic E-state index is 0.823. The fourth-order valence-corrected chi connectivity index (χ4v) is 3.03. The van der Waals surface area contributed by atoms with Crippen molar-refractivity contribution >= 4 is 5.57 Å². The summed E-state index contributed by atoms with van der Waals surface area (Å²) in [5.41, 5.74) is 8.23. The Kier molecular flexibility index (Phi) is 3.27. The molecule has 0 radical (unpaired) electrons. The zero-order valence-corrected chi connectivity index (χ0v) is 13.4. The van der Waals surface area contributed by atoms with Crippen molar-refractivity contribution in [2.45, 2.75) is 20.4 Å². The van der Waals surface area contributed by atoms with Crippen molar-refractivity contribution < 1.29 is 0 Å². The van der Waals surface area contributed by atoms with E-state index in [2.05, 4.69) is 73.9 Å². The van der Waals surface area contributed by atoms with Crippen molar-refractivity contribution in [2.24, 2.45) is 0 Å². The molecule has 1 N–H and O–H groups in total. The summed E-state index contributed by atoms with van der Waals surface area (Å²) in [5, 5.41) is 8.36. The maximum Gasteiger partial charge on any atom is 0.100 e. The largest absolute Gasteiger partial charge is 0.384 e. The van der Waals surface area contributed by atoms with Crippen LogP contribution in [0.2, 0.25) is 0 Å². The van der Waals surface area contributed by atoms with E-state index in [0.29, 0.717) is 0 Å². The molecule has 1 aliphatic heterocycles. The van der Waals surface area contributed by atoms with Gasteiger partial charge in [0, 0.05) is 29.6 Å². The van der Waals surface area contributed by atoms with Crippen LogP contribution in [0.15, 0.2) is 66.5 Å². The van der Waals surface area contributed by atoms with Gasteiger partial charge in [0.15, 0.2) is 0 Å². The lowest BCUT2D eigenvalue weighted by atomic mass is 9.96. The molecule has 2 aromatic carbocycles. The molecule has 0 saturated heterocycles. The van der Waals surface area contributed by atoms with E-state index in [4.69, 9.17) is 5.10 Å². The summed E-state index contributed by atoms with van der Waals surface area (Å²) in [5.74, 6) is 0. The van der Waals surface area contributed by atoms with Gasteiger partial charge in [-0.25, -0.2) is 4.68 Å². The van der Waals surface area contributed by atoms with E-state index < -0.39 is 0 Å². The van der Waals surface area contributed by atoms with Crippen LogP contribution in [0.1, 0.15) is 29.3 Å². The molecule has 4 rings (SSSR count). The van der Waals surface area contributed by atoms with Crippen LogP contribution >= 0.6 is 0 Å². The third-order valence-corrected chi connectivity index (χ3v) is 4.31. The number of hydrogen-bond acceptors (Lipinski definition) is 2. The van der Waals surface area contributed by atoms with Crippen LogP contribution in [-0.2, 0) is 6.54 Å². The quantitative estimate of drug-likeness (QED) is 0.773. The van der Waals surface area contributed by atoms with Gasteiger partial charge >= 0.3 is 0 Å². The average Bonchev–Trinajstić information content (AvgIpc) is 3.00. The zero-order chi connectivity index (χ0) is 15.8. The second-order valence-electron chi connectivity index (χ2n) is 6.00. The fraction of sp³-hybridized carbons (Fsp3) is 0.150. The topological polar surface area (TPSA) is 29.9 Å². The first-order chi connectivity index (χ1) is 11.2. The van der Waals surface area contributed by atoms with Gasteiger partial charge in [0.25, 0.3) is 0 Å². The number of aryl methyl sites for hydroxylation is 1. The molecule has 3 aromatic rings. The van der Waals surface area contributed by atoms with Crippen molar-refractivity contribution in [3.05, 3.63) is 88.9 Å². The highest BCUT2D eigenvalue weighted by Gasteiger charge is 2.21. The van der Waals surface area contributed by atoms with Crippen LogP contribution in [-0.4, -0.2) is 9.78 Å². The van der Waals surface area contributed by atoms with Gasteiger partial charge in [-0.1, -0.05) is 48.0 Å². The molecule has 0 spiro atoms. The Bertz CT molecular complexity index is 871. The van der Waals surface area contributed by atoms with E-state index in [1.165, 1.54) is 28.0 Å². The van der Waals surface area contributed by atoms with Gasteiger partial charge in [-0.05, 0) is 31.5 Å². The van der Waals surface area contributed by atoms with Gasteiger partial charge in [0.1, 0.15) is 5.69 Å². The lowest BCUT2D eigenvalue weighted by Crippen LogP contribution is -2.18. The molecule has 0 fully saturated rings. The van der Waals surface area contributed by atoms with Crippen molar-refractivity contribution in [1.29, 1.82) is 0 Å². The predicted octanol–water partition coefficient (Wildman–Crippen LogP) is 4.06. The lowest BCUT2D eigenvalue weighted by Gasteiger charge is -2.19. The normalized spacial score (nSPS) is 13.7. The van der Waals surface area contributed by atoms with Gasteiger partial charge in [0.2, 0.25) is 0 Å². The number of aromatic nitrogens is 2. The Balaban J connectivity index is 1.83. The third kappa shape index (κ3) is 2.44. The van der Waals surface area contributed by atoms with Crippen LogP contribution < -0.4 is 5.32 Å². The Morgan fingerprint density at radius 2 is 1.70 bits per heavy atom. The summed E-state index contributed by atoms with van der Waals surface area (Å²) < 4.78 is 1.98. The van der Waals surface area contributed by atoms with Crippen molar-refractivity contribution in [2.75, 3.05) is 0 Å². The SMILES string of the molecule is CC1=C(c2ccccc2)c2nn(-c3ccc(C)cc3)cc2CN1. The van der Waals surface area contributed by atoms with Crippen LogP contribution in [0.4, 0.5) is 0 Å². The molecule has 2 heterocycles. The smallest absolute Gasteiger partial charge is 0.100 e. The fourth-order valence-electron chi connectivity index (χ4n) is 3.03. The molecular formula is C20H19N3. The first-order valence-corrected chi connectivity index (χ1v) is 7.88. The standard InChI is InChI=1S/C20H19N3/c1-14-8-10-18(11-9-14)23-13-17-12-21-15(2)19(20(17)22-23)16-6-4-3-5-7-16/h3-11,13,21H,12H2,1-2H3. The Morgan fingerprint density at radius 3 is 2.43 bits per heavy atom. The van der Waals surface area contributed by atoms with E-state index in [1.807, 2.05) is 10.7 Å². The number of benzene rings is 2. The Hall–Kier alpha value is -2.81. The molecule has 1 aromatic heterocycles. The number of fused-ring (bicyclic) bond motifs is 1. The summed E-state index contributed by atoms with van der Waals surface area (Å²) in [6.07, 6.45) is 2.13. The highest BCUT2D eigenvalue weighted by atomic mass is 15.3. The van der Waals surface area contributed by atoms with Gasteiger partial charge < -0.3 is 5.32 Å². The van der Waals surface area contributed by atoms with Crippen LogP contribution in [0.3, 0.4) is 0 Å². The monoisotopic (exact) mass is 301 g/mol. The maximum atomic E-state index is 4.88. The Morgan fingerprint density at radius 1 is 0.957 bits per heavy atom. The molecule has 3 nitrogen and oxygen atoms in total. The molecular weight excluding hydrogens is 282 g/mol. The van der Waals surface area contributed by atoms with Crippen LogP contribution in [0, 0.1) is 6.92 Å².